The molecule has 126 valence electrons. The lowest BCUT2D eigenvalue weighted by Gasteiger charge is -2.15. The number of aromatic carboxylic acids is 2. The molecule has 0 saturated heterocycles. The van der Waals surface area contributed by atoms with Crippen molar-refractivity contribution >= 4 is 47.1 Å². The predicted molar refractivity (Wildman–Crippen MR) is 87.2 cm³/mol. The SMILES string of the molecule is O=C(O)c1c(Cl)c2c(c(-c3ccccc3)c1C(=O)O)C(=O)N(Cl)C2=O. The highest BCUT2D eigenvalue weighted by Crippen LogP contribution is 2.42. The van der Waals surface area contributed by atoms with Gasteiger partial charge in [0.05, 0.1) is 27.3 Å². The van der Waals surface area contributed by atoms with Gasteiger partial charge in [-0.1, -0.05) is 41.9 Å². The third kappa shape index (κ3) is 2.36. The second kappa shape index (κ2) is 5.87. The van der Waals surface area contributed by atoms with Crippen LogP contribution in [-0.2, 0) is 0 Å². The average molecular weight is 380 g/mol. The maximum absolute atomic E-state index is 12.4. The van der Waals surface area contributed by atoms with Crippen molar-refractivity contribution in [2.24, 2.45) is 0 Å². The number of carboxylic acids is 2. The molecule has 0 aliphatic carbocycles. The number of rotatable bonds is 3. The molecule has 0 spiro atoms. The molecule has 9 heteroatoms. The lowest BCUT2D eigenvalue weighted by atomic mass is 9.88. The van der Waals surface area contributed by atoms with Crippen LogP contribution in [-0.4, -0.2) is 38.4 Å². The minimum absolute atomic E-state index is 0.216. The molecule has 1 heterocycles. The third-order valence-electron chi connectivity index (χ3n) is 3.71. The number of carboxylic acid groups (broad SMARTS) is 2. The van der Waals surface area contributed by atoms with Gasteiger partial charge in [-0.3, -0.25) is 9.59 Å². The van der Waals surface area contributed by atoms with Gasteiger partial charge in [0.1, 0.15) is 0 Å². The lowest BCUT2D eigenvalue weighted by Crippen LogP contribution is -2.18. The van der Waals surface area contributed by atoms with E-state index < -0.39 is 45.5 Å². The fraction of sp³-hybridized carbons (Fsp3) is 0. The van der Waals surface area contributed by atoms with Crippen LogP contribution < -0.4 is 0 Å². The molecule has 2 amide bonds. The van der Waals surface area contributed by atoms with Crippen molar-refractivity contribution in [1.29, 1.82) is 0 Å². The summed E-state index contributed by atoms with van der Waals surface area (Å²) < 4.78 is 0.250. The minimum atomic E-state index is -1.64. The molecule has 0 atom stereocenters. The van der Waals surface area contributed by atoms with Gasteiger partial charge in [-0.05, 0) is 5.56 Å². The highest BCUT2D eigenvalue weighted by Gasteiger charge is 2.44. The minimum Gasteiger partial charge on any atom is -0.478 e. The highest BCUT2D eigenvalue weighted by molar-refractivity contribution is 6.46. The van der Waals surface area contributed by atoms with E-state index in [1.807, 2.05) is 0 Å². The van der Waals surface area contributed by atoms with Crippen LogP contribution in [0, 0.1) is 0 Å². The van der Waals surface area contributed by atoms with Gasteiger partial charge < -0.3 is 10.2 Å². The molecule has 2 aromatic carbocycles. The van der Waals surface area contributed by atoms with Crippen LogP contribution in [0.3, 0.4) is 0 Å². The molecule has 2 N–H and O–H groups in total. The first-order valence-electron chi connectivity index (χ1n) is 6.73. The van der Waals surface area contributed by atoms with E-state index in [9.17, 15) is 29.4 Å². The summed E-state index contributed by atoms with van der Waals surface area (Å²) in [5.74, 6) is -5.23. The zero-order chi connectivity index (χ0) is 18.5. The van der Waals surface area contributed by atoms with Gasteiger partial charge in [0.15, 0.2) is 0 Å². The molecule has 3 rings (SSSR count). The van der Waals surface area contributed by atoms with Crippen molar-refractivity contribution in [3.8, 4) is 11.1 Å². The van der Waals surface area contributed by atoms with E-state index in [-0.39, 0.29) is 21.1 Å². The molecule has 0 unspecified atom stereocenters. The second-order valence-corrected chi connectivity index (χ2v) is 5.77. The van der Waals surface area contributed by atoms with Gasteiger partial charge in [-0.15, -0.1) is 0 Å². The lowest BCUT2D eigenvalue weighted by molar-refractivity contribution is 0.0652. The predicted octanol–water partition coefficient (Wildman–Crippen LogP) is 3.15. The van der Waals surface area contributed by atoms with Crippen molar-refractivity contribution in [3.63, 3.8) is 0 Å². The van der Waals surface area contributed by atoms with Crippen LogP contribution in [0.15, 0.2) is 30.3 Å². The summed E-state index contributed by atoms with van der Waals surface area (Å²) in [6.07, 6.45) is 0. The summed E-state index contributed by atoms with van der Waals surface area (Å²) in [6, 6.07) is 7.76. The van der Waals surface area contributed by atoms with Crippen LogP contribution in [0.4, 0.5) is 0 Å². The van der Waals surface area contributed by atoms with Gasteiger partial charge in [-0.2, -0.15) is 4.42 Å². The Morgan fingerprint density at radius 1 is 0.840 bits per heavy atom. The summed E-state index contributed by atoms with van der Waals surface area (Å²) in [7, 11) is 0. The number of fused-ring (bicyclic) bond motifs is 1. The molecule has 25 heavy (non-hydrogen) atoms. The van der Waals surface area contributed by atoms with E-state index in [2.05, 4.69) is 0 Å². The maximum Gasteiger partial charge on any atom is 0.338 e. The second-order valence-electron chi connectivity index (χ2n) is 5.06. The fourth-order valence-corrected chi connectivity index (χ4v) is 3.25. The monoisotopic (exact) mass is 379 g/mol. The van der Waals surface area contributed by atoms with E-state index in [0.717, 1.165) is 0 Å². The molecule has 1 aliphatic rings. The van der Waals surface area contributed by atoms with Crippen molar-refractivity contribution in [3.05, 3.63) is 57.6 Å². The van der Waals surface area contributed by atoms with Crippen molar-refractivity contribution in [2.75, 3.05) is 0 Å². The summed E-state index contributed by atoms with van der Waals surface area (Å²) in [5.41, 5.74) is -2.20. The average Bonchev–Trinajstić information content (AvgIpc) is 2.80. The van der Waals surface area contributed by atoms with Crippen molar-refractivity contribution < 1.29 is 29.4 Å². The van der Waals surface area contributed by atoms with E-state index in [1.54, 1.807) is 18.2 Å². The molecule has 0 fully saturated rings. The van der Waals surface area contributed by atoms with Crippen LogP contribution in [0.1, 0.15) is 41.4 Å². The Morgan fingerprint density at radius 2 is 1.36 bits per heavy atom. The van der Waals surface area contributed by atoms with Crippen LogP contribution >= 0.6 is 23.4 Å². The Hall–Kier alpha value is -2.90. The standard InChI is InChI=1S/C16H7Cl2NO6/c17-12-10-8(13(20)19(18)14(10)21)7(6-4-2-1-3-5-6)9(15(22)23)11(12)16(24)25/h1-5H,(H,22,23)(H,24,25). The summed E-state index contributed by atoms with van der Waals surface area (Å²) in [6.45, 7) is 0. The van der Waals surface area contributed by atoms with Crippen molar-refractivity contribution in [2.45, 2.75) is 0 Å². The van der Waals surface area contributed by atoms with Crippen LogP contribution in [0.2, 0.25) is 5.02 Å². The molecular weight excluding hydrogens is 373 g/mol. The van der Waals surface area contributed by atoms with E-state index in [4.69, 9.17) is 23.4 Å². The Kier molecular flexibility index (Phi) is 3.98. The number of carbonyl (C=O) groups is 4. The number of benzene rings is 2. The zero-order valence-electron chi connectivity index (χ0n) is 12.1. The molecule has 0 saturated carbocycles. The number of halogens is 2. The first-order valence-corrected chi connectivity index (χ1v) is 7.45. The molecule has 0 bridgehead atoms. The van der Waals surface area contributed by atoms with E-state index in [0.29, 0.717) is 0 Å². The molecule has 7 nitrogen and oxygen atoms in total. The molecule has 1 aliphatic heterocycles. The quantitative estimate of drug-likeness (QED) is 0.625. The van der Waals surface area contributed by atoms with E-state index in [1.165, 1.54) is 12.1 Å². The Bertz CT molecular complexity index is 971. The topological polar surface area (TPSA) is 112 Å². The Labute approximate surface area is 150 Å². The first kappa shape index (κ1) is 16.9. The van der Waals surface area contributed by atoms with Crippen molar-refractivity contribution in [1.82, 2.24) is 4.42 Å². The number of carbonyl (C=O) groups excluding carboxylic acids is 2. The number of amides is 2. The largest absolute Gasteiger partial charge is 0.478 e. The number of hydrogen-bond donors (Lipinski definition) is 2. The molecule has 0 aromatic heterocycles. The smallest absolute Gasteiger partial charge is 0.338 e. The Balaban J connectivity index is 2.59. The van der Waals surface area contributed by atoms with Gasteiger partial charge in [0.25, 0.3) is 11.8 Å². The summed E-state index contributed by atoms with van der Waals surface area (Å²) in [4.78, 5) is 48.0. The highest BCUT2D eigenvalue weighted by atomic mass is 35.5. The fourth-order valence-electron chi connectivity index (χ4n) is 2.73. The third-order valence-corrected chi connectivity index (χ3v) is 4.40. The number of imide groups is 1. The Morgan fingerprint density at radius 3 is 1.88 bits per heavy atom. The van der Waals surface area contributed by atoms with Crippen LogP contribution in [0.5, 0.6) is 0 Å². The van der Waals surface area contributed by atoms with E-state index >= 15 is 0 Å². The van der Waals surface area contributed by atoms with Gasteiger partial charge in [0.2, 0.25) is 0 Å². The summed E-state index contributed by atoms with van der Waals surface area (Å²) >= 11 is 11.6. The van der Waals surface area contributed by atoms with Gasteiger partial charge in [-0.25, -0.2) is 9.59 Å². The van der Waals surface area contributed by atoms with Gasteiger partial charge in [0, 0.05) is 17.3 Å². The molecular formula is C16H7Cl2NO6. The number of nitrogens with zero attached hydrogens (tertiary/aromatic N) is 1. The van der Waals surface area contributed by atoms with Gasteiger partial charge >= 0.3 is 11.9 Å². The first-order chi connectivity index (χ1) is 11.8. The normalized spacial score (nSPS) is 13.1. The molecule has 2 aromatic rings. The number of hydrogen-bond acceptors (Lipinski definition) is 4. The molecule has 0 radical (unpaired) electrons. The zero-order valence-corrected chi connectivity index (χ0v) is 13.6. The summed E-state index contributed by atoms with van der Waals surface area (Å²) in [5, 5.41) is 18.4. The van der Waals surface area contributed by atoms with Crippen LogP contribution in [0.25, 0.3) is 11.1 Å². The maximum atomic E-state index is 12.4.